The van der Waals surface area contributed by atoms with Crippen molar-refractivity contribution < 1.29 is 9.18 Å². The van der Waals surface area contributed by atoms with Gasteiger partial charge in [0.2, 0.25) is 5.91 Å². The highest BCUT2D eigenvalue weighted by molar-refractivity contribution is 5.84. The summed E-state index contributed by atoms with van der Waals surface area (Å²) in [5.74, 6) is 0.406. The van der Waals surface area contributed by atoms with Crippen molar-refractivity contribution in [2.75, 3.05) is 27.2 Å². The highest BCUT2D eigenvalue weighted by Crippen LogP contribution is 2.17. The molecule has 0 radical (unpaired) electrons. The Kier molecular flexibility index (Phi) is 7.70. The van der Waals surface area contributed by atoms with Crippen molar-refractivity contribution in [1.82, 2.24) is 15.5 Å². The van der Waals surface area contributed by atoms with E-state index in [1.807, 2.05) is 6.07 Å². The molecule has 0 aromatic heterocycles. The van der Waals surface area contributed by atoms with Gasteiger partial charge in [-0.1, -0.05) is 37.5 Å². The van der Waals surface area contributed by atoms with Crippen molar-refractivity contribution in [2.24, 2.45) is 4.99 Å². The summed E-state index contributed by atoms with van der Waals surface area (Å²) in [5, 5.41) is 6.66. The zero-order valence-corrected chi connectivity index (χ0v) is 15.2. The lowest BCUT2D eigenvalue weighted by Crippen LogP contribution is -2.45. The second-order valence-corrected chi connectivity index (χ2v) is 6.70. The van der Waals surface area contributed by atoms with Crippen LogP contribution in [0.2, 0.25) is 0 Å². The lowest BCUT2D eigenvalue weighted by Gasteiger charge is -2.25. The maximum atomic E-state index is 13.7. The maximum absolute atomic E-state index is 13.7. The number of halogens is 1. The summed E-state index contributed by atoms with van der Waals surface area (Å²) in [6, 6.07) is 7.18. The molecule has 0 unspecified atom stereocenters. The third kappa shape index (κ3) is 6.72. The van der Waals surface area contributed by atoms with Crippen LogP contribution in [0, 0.1) is 5.82 Å². The number of aliphatic imine (C=N–C) groups is 1. The summed E-state index contributed by atoms with van der Waals surface area (Å²) in [4.78, 5) is 17.7. The fourth-order valence-corrected chi connectivity index (χ4v) is 2.90. The Morgan fingerprint density at radius 1 is 1.24 bits per heavy atom. The van der Waals surface area contributed by atoms with Gasteiger partial charge in [0.15, 0.2) is 5.96 Å². The molecule has 1 aromatic rings. The molecule has 5 nitrogen and oxygen atoms in total. The van der Waals surface area contributed by atoms with Crippen LogP contribution in [0.25, 0.3) is 0 Å². The van der Waals surface area contributed by atoms with E-state index in [1.165, 1.54) is 30.2 Å². The van der Waals surface area contributed by atoms with Gasteiger partial charge in [-0.25, -0.2) is 9.38 Å². The fourth-order valence-electron chi connectivity index (χ4n) is 2.90. The standard InChI is InChI=1S/C19H29FN4O/c1-24(2)18(25)14-22-19(23-16-9-4-3-5-10-16)21-13-12-15-8-6-7-11-17(15)20/h6-8,11,16H,3-5,9-10,12-14H2,1-2H3,(H2,21,22,23). The van der Waals surface area contributed by atoms with E-state index < -0.39 is 0 Å². The predicted octanol–water partition coefficient (Wildman–Crippen LogP) is 2.32. The fraction of sp³-hybridized carbons (Fsp3) is 0.579. The molecule has 0 saturated heterocycles. The first kappa shape index (κ1) is 19.2. The summed E-state index contributed by atoms with van der Waals surface area (Å²) in [5.41, 5.74) is 0.677. The SMILES string of the molecule is CN(C)C(=O)CN=C(NCCc1ccccc1F)NC1CCCCC1. The topological polar surface area (TPSA) is 56.7 Å². The third-order valence-electron chi connectivity index (χ3n) is 4.46. The minimum absolute atomic E-state index is 0.0427. The molecule has 1 aromatic carbocycles. The van der Waals surface area contributed by atoms with Crippen LogP contribution in [-0.2, 0) is 11.2 Å². The number of likely N-dealkylation sites (N-methyl/N-ethyl adjacent to an activating group) is 1. The zero-order valence-electron chi connectivity index (χ0n) is 15.2. The van der Waals surface area contributed by atoms with Gasteiger partial charge in [0.05, 0.1) is 0 Å². The molecule has 0 bridgehead atoms. The van der Waals surface area contributed by atoms with Crippen molar-refractivity contribution in [3.05, 3.63) is 35.6 Å². The number of benzene rings is 1. The highest BCUT2D eigenvalue weighted by Gasteiger charge is 2.15. The van der Waals surface area contributed by atoms with Gasteiger partial charge < -0.3 is 15.5 Å². The lowest BCUT2D eigenvalue weighted by molar-refractivity contribution is -0.127. The first-order valence-corrected chi connectivity index (χ1v) is 9.04. The normalized spacial score (nSPS) is 15.7. The van der Waals surface area contributed by atoms with Crippen molar-refractivity contribution in [3.63, 3.8) is 0 Å². The number of carbonyl (C=O) groups excluding carboxylic acids is 1. The van der Waals surface area contributed by atoms with E-state index in [1.54, 1.807) is 26.2 Å². The van der Waals surface area contributed by atoms with Gasteiger partial charge in [0, 0.05) is 26.7 Å². The van der Waals surface area contributed by atoms with Gasteiger partial charge in [-0.15, -0.1) is 0 Å². The van der Waals surface area contributed by atoms with Gasteiger partial charge >= 0.3 is 0 Å². The Bertz CT molecular complexity index is 583. The van der Waals surface area contributed by atoms with Crippen LogP contribution in [0.1, 0.15) is 37.7 Å². The Hall–Kier alpha value is -2.11. The third-order valence-corrected chi connectivity index (χ3v) is 4.46. The monoisotopic (exact) mass is 348 g/mol. The molecule has 0 atom stereocenters. The summed E-state index contributed by atoms with van der Waals surface area (Å²) in [6.07, 6.45) is 6.53. The molecule has 0 aliphatic heterocycles. The first-order chi connectivity index (χ1) is 12.1. The minimum atomic E-state index is -0.189. The number of carbonyl (C=O) groups is 1. The summed E-state index contributed by atoms with van der Waals surface area (Å²) >= 11 is 0. The van der Waals surface area contributed by atoms with Crippen molar-refractivity contribution in [1.29, 1.82) is 0 Å². The molecular weight excluding hydrogens is 319 g/mol. The maximum Gasteiger partial charge on any atom is 0.243 e. The number of nitrogens with one attached hydrogen (secondary N) is 2. The van der Waals surface area contributed by atoms with E-state index >= 15 is 0 Å². The van der Waals surface area contributed by atoms with Gasteiger partial charge in [0.1, 0.15) is 12.4 Å². The van der Waals surface area contributed by atoms with Gasteiger partial charge in [-0.3, -0.25) is 4.79 Å². The number of nitrogens with zero attached hydrogens (tertiary/aromatic N) is 2. The summed E-state index contributed by atoms with van der Waals surface area (Å²) < 4.78 is 13.7. The van der Waals surface area contributed by atoms with Crippen molar-refractivity contribution >= 4 is 11.9 Å². The van der Waals surface area contributed by atoms with Crippen molar-refractivity contribution in [2.45, 2.75) is 44.6 Å². The van der Waals surface area contributed by atoms with Crippen LogP contribution in [0.4, 0.5) is 4.39 Å². The molecule has 1 fully saturated rings. The van der Waals surface area contributed by atoms with Gasteiger partial charge in [-0.2, -0.15) is 0 Å². The van der Waals surface area contributed by atoms with E-state index in [0.29, 0.717) is 30.5 Å². The summed E-state index contributed by atoms with van der Waals surface area (Å²) in [6.45, 7) is 0.671. The molecule has 0 spiro atoms. The second kappa shape index (κ2) is 10.0. The molecule has 1 aliphatic rings. The Labute approximate surface area is 149 Å². The van der Waals surface area contributed by atoms with E-state index in [9.17, 15) is 9.18 Å². The minimum Gasteiger partial charge on any atom is -0.356 e. The second-order valence-electron chi connectivity index (χ2n) is 6.70. The average molecular weight is 348 g/mol. The molecule has 6 heteroatoms. The largest absolute Gasteiger partial charge is 0.356 e. The smallest absolute Gasteiger partial charge is 0.243 e. The van der Waals surface area contributed by atoms with Crippen LogP contribution in [0.3, 0.4) is 0 Å². The number of guanidine groups is 1. The number of hydrogen-bond donors (Lipinski definition) is 2. The van der Waals surface area contributed by atoms with Gasteiger partial charge in [-0.05, 0) is 30.9 Å². The van der Waals surface area contributed by atoms with Crippen LogP contribution in [0.5, 0.6) is 0 Å². The Morgan fingerprint density at radius 2 is 1.96 bits per heavy atom. The first-order valence-electron chi connectivity index (χ1n) is 9.04. The molecular formula is C19H29FN4O. The van der Waals surface area contributed by atoms with Crippen LogP contribution in [-0.4, -0.2) is 50.0 Å². The quantitative estimate of drug-likeness (QED) is 0.613. The van der Waals surface area contributed by atoms with E-state index in [4.69, 9.17) is 0 Å². The molecule has 1 saturated carbocycles. The molecule has 138 valence electrons. The Balaban J connectivity index is 1.91. The molecule has 0 heterocycles. The molecule has 2 N–H and O–H groups in total. The number of rotatable bonds is 6. The van der Waals surface area contributed by atoms with Crippen LogP contribution in [0.15, 0.2) is 29.3 Å². The lowest BCUT2D eigenvalue weighted by atomic mass is 9.96. The van der Waals surface area contributed by atoms with E-state index in [-0.39, 0.29) is 18.3 Å². The van der Waals surface area contributed by atoms with E-state index in [2.05, 4.69) is 15.6 Å². The molecule has 1 amide bonds. The van der Waals surface area contributed by atoms with E-state index in [0.717, 1.165) is 12.8 Å². The molecule has 2 rings (SSSR count). The highest BCUT2D eigenvalue weighted by atomic mass is 19.1. The summed E-state index contributed by atoms with van der Waals surface area (Å²) in [7, 11) is 3.44. The van der Waals surface area contributed by atoms with Crippen LogP contribution >= 0.6 is 0 Å². The molecule has 25 heavy (non-hydrogen) atoms. The molecule has 1 aliphatic carbocycles. The zero-order chi connectivity index (χ0) is 18.1. The average Bonchev–Trinajstić information content (AvgIpc) is 2.61. The van der Waals surface area contributed by atoms with Gasteiger partial charge in [0.25, 0.3) is 0 Å². The number of amides is 1. The Morgan fingerprint density at radius 3 is 2.64 bits per heavy atom. The van der Waals surface area contributed by atoms with Crippen LogP contribution < -0.4 is 10.6 Å². The number of hydrogen-bond acceptors (Lipinski definition) is 2. The van der Waals surface area contributed by atoms with Crippen molar-refractivity contribution in [3.8, 4) is 0 Å². The predicted molar refractivity (Wildman–Crippen MR) is 99.1 cm³/mol.